The minimum absolute atomic E-state index is 0.0680. The maximum atomic E-state index is 14.3. The summed E-state index contributed by atoms with van der Waals surface area (Å²) in [6.07, 6.45) is 7.60. The fourth-order valence-corrected chi connectivity index (χ4v) is 8.26. The zero-order valence-corrected chi connectivity index (χ0v) is 39.2. The molecule has 0 spiro atoms. The molecule has 1 aliphatic heterocycles. The van der Waals surface area contributed by atoms with Crippen LogP contribution in [0.3, 0.4) is 0 Å². The fraction of sp³-hybridized carbons (Fsp3) is 0.756. The molecule has 0 aromatic heterocycles. The molecule has 0 radical (unpaired) electrons. The Kier molecular flexibility index (Phi) is 24.8. The number of likely N-dealkylation sites (N-methyl/N-ethyl adjacent to an activating group) is 2. The van der Waals surface area contributed by atoms with E-state index < -0.39 is 66.1 Å². The van der Waals surface area contributed by atoms with E-state index in [-0.39, 0.29) is 67.6 Å². The molecular formula is C45H78N6O10. The Bertz CT molecular complexity index is 1520. The molecule has 16 nitrogen and oxygen atoms in total. The number of carbonyl (C=O) groups is 7. The predicted molar refractivity (Wildman–Crippen MR) is 235 cm³/mol. The van der Waals surface area contributed by atoms with Crippen molar-refractivity contribution in [2.24, 2.45) is 17.8 Å². The van der Waals surface area contributed by atoms with Crippen molar-refractivity contribution < 1.29 is 48.1 Å². The summed E-state index contributed by atoms with van der Waals surface area (Å²) in [5.41, 5.74) is 0.878. The van der Waals surface area contributed by atoms with E-state index in [1.165, 1.54) is 26.2 Å². The molecule has 348 valence electrons. The van der Waals surface area contributed by atoms with Crippen LogP contribution in [0.15, 0.2) is 23.8 Å². The quantitative estimate of drug-likeness (QED) is 0.0872. The van der Waals surface area contributed by atoms with E-state index in [9.17, 15) is 38.7 Å². The summed E-state index contributed by atoms with van der Waals surface area (Å²) in [6.45, 7) is 15.3. The van der Waals surface area contributed by atoms with Crippen LogP contribution in [0.4, 0.5) is 0 Å². The van der Waals surface area contributed by atoms with Gasteiger partial charge < -0.3 is 45.2 Å². The number of carboxylic acid groups (broad SMARTS) is 1. The van der Waals surface area contributed by atoms with Crippen molar-refractivity contribution in [2.45, 2.75) is 162 Å². The van der Waals surface area contributed by atoms with Gasteiger partial charge in [0.15, 0.2) is 0 Å². The first-order chi connectivity index (χ1) is 28.8. The van der Waals surface area contributed by atoms with Gasteiger partial charge in [0.25, 0.3) is 0 Å². The van der Waals surface area contributed by atoms with Gasteiger partial charge in [0.1, 0.15) is 18.1 Å². The zero-order valence-electron chi connectivity index (χ0n) is 39.2. The highest BCUT2D eigenvalue weighted by atomic mass is 16.5. The highest BCUT2D eigenvalue weighted by Gasteiger charge is 2.43. The highest BCUT2D eigenvalue weighted by Crippen LogP contribution is 2.30. The first-order valence-electron chi connectivity index (χ1n) is 22.0. The molecule has 4 N–H and O–H groups in total. The van der Waals surface area contributed by atoms with Gasteiger partial charge in [0, 0.05) is 54.7 Å². The second-order valence-corrected chi connectivity index (χ2v) is 16.6. The number of carboxylic acids is 1. The second kappa shape index (κ2) is 27.6. The lowest BCUT2D eigenvalue weighted by atomic mass is 9.89. The third kappa shape index (κ3) is 16.2. The van der Waals surface area contributed by atoms with Crippen LogP contribution in [0.25, 0.3) is 0 Å². The molecule has 1 fully saturated rings. The molecule has 1 aliphatic rings. The Balaban J connectivity index is 3.26. The van der Waals surface area contributed by atoms with Crippen molar-refractivity contribution in [3.8, 4) is 0 Å². The van der Waals surface area contributed by atoms with Crippen molar-refractivity contribution in [3.05, 3.63) is 23.8 Å². The summed E-state index contributed by atoms with van der Waals surface area (Å²) in [7, 11) is 7.72. The van der Waals surface area contributed by atoms with Crippen molar-refractivity contribution in [1.82, 2.24) is 30.7 Å². The number of carbonyl (C=O) groups excluding carboxylic acids is 6. The number of nitrogens with zero attached hydrogens (tertiary/aromatic N) is 3. The maximum absolute atomic E-state index is 14.3. The molecule has 6 amide bonds. The van der Waals surface area contributed by atoms with Crippen LogP contribution in [-0.2, 0) is 43.0 Å². The number of methoxy groups -OCH3 is 2. The van der Waals surface area contributed by atoms with E-state index in [1.807, 2.05) is 59.8 Å². The average Bonchev–Trinajstić information content (AvgIpc) is 3.72. The number of hydrogen-bond acceptors (Lipinski definition) is 9. The maximum Gasteiger partial charge on any atom is 0.326 e. The number of nitrogens with one attached hydrogen (secondary N) is 3. The van der Waals surface area contributed by atoms with Crippen molar-refractivity contribution in [3.63, 3.8) is 0 Å². The van der Waals surface area contributed by atoms with E-state index in [1.54, 1.807) is 37.7 Å². The van der Waals surface area contributed by atoms with E-state index in [4.69, 9.17) is 9.47 Å². The molecular weight excluding hydrogens is 785 g/mol. The molecule has 61 heavy (non-hydrogen) atoms. The number of rotatable bonds is 27. The Morgan fingerprint density at radius 1 is 0.869 bits per heavy atom. The number of amides is 6. The van der Waals surface area contributed by atoms with E-state index in [2.05, 4.69) is 16.0 Å². The monoisotopic (exact) mass is 863 g/mol. The lowest BCUT2D eigenvalue weighted by Gasteiger charge is -2.40. The lowest BCUT2D eigenvalue weighted by Crippen LogP contribution is -2.59. The van der Waals surface area contributed by atoms with Crippen molar-refractivity contribution >= 4 is 41.4 Å². The van der Waals surface area contributed by atoms with Gasteiger partial charge in [-0.25, -0.2) is 4.79 Å². The number of likely N-dealkylation sites (tertiary alicyclic amines) is 1. The Morgan fingerprint density at radius 3 is 2.02 bits per heavy atom. The Labute approximate surface area is 364 Å². The minimum Gasteiger partial charge on any atom is -0.480 e. The Morgan fingerprint density at radius 2 is 1.51 bits per heavy atom. The third-order valence-corrected chi connectivity index (χ3v) is 12.1. The van der Waals surface area contributed by atoms with Gasteiger partial charge in [-0.15, -0.1) is 0 Å². The van der Waals surface area contributed by atoms with Crippen LogP contribution in [-0.4, -0.2) is 146 Å². The summed E-state index contributed by atoms with van der Waals surface area (Å²) in [4.78, 5) is 97.5. The van der Waals surface area contributed by atoms with Gasteiger partial charge in [-0.05, 0) is 57.3 Å². The van der Waals surface area contributed by atoms with Crippen LogP contribution in [0, 0.1) is 17.8 Å². The second-order valence-electron chi connectivity index (χ2n) is 16.6. The first-order valence-corrected chi connectivity index (χ1v) is 22.0. The molecule has 16 heteroatoms. The molecule has 0 bridgehead atoms. The van der Waals surface area contributed by atoms with Crippen molar-refractivity contribution in [2.75, 3.05) is 41.9 Å². The minimum atomic E-state index is -1.14. The van der Waals surface area contributed by atoms with Gasteiger partial charge >= 0.3 is 5.97 Å². The molecule has 1 rings (SSSR count). The van der Waals surface area contributed by atoms with E-state index in [0.717, 1.165) is 5.57 Å². The topological polar surface area (TPSA) is 204 Å². The van der Waals surface area contributed by atoms with Gasteiger partial charge in [-0.1, -0.05) is 78.7 Å². The van der Waals surface area contributed by atoms with Crippen molar-refractivity contribution in [1.29, 1.82) is 0 Å². The molecule has 0 saturated carbocycles. The summed E-state index contributed by atoms with van der Waals surface area (Å²) in [6, 6.07) is -3.94. The molecule has 9 unspecified atom stereocenters. The molecule has 0 aliphatic carbocycles. The van der Waals surface area contributed by atoms with Gasteiger partial charge in [-0.2, -0.15) is 0 Å². The number of aliphatic carboxylic acids is 1. The van der Waals surface area contributed by atoms with Crippen LogP contribution >= 0.6 is 0 Å². The zero-order chi connectivity index (χ0) is 46.6. The summed E-state index contributed by atoms with van der Waals surface area (Å²) < 4.78 is 11.9. The molecule has 1 saturated heterocycles. The smallest absolute Gasteiger partial charge is 0.326 e. The molecule has 0 aromatic rings. The lowest BCUT2D eigenvalue weighted by molar-refractivity contribution is -0.148. The number of allylic oxidation sites excluding steroid dienone is 3. The van der Waals surface area contributed by atoms with Crippen LogP contribution in [0.2, 0.25) is 0 Å². The van der Waals surface area contributed by atoms with Crippen LogP contribution in [0.1, 0.15) is 120 Å². The van der Waals surface area contributed by atoms with E-state index in [0.29, 0.717) is 38.6 Å². The summed E-state index contributed by atoms with van der Waals surface area (Å²) in [5.74, 6) is -4.32. The molecule has 1 heterocycles. The highest BCUT2D eigenvalue weighted by molar-refractivity contribution is 5.92. The SMILES string of the molecule is CC=CC=C(CC)CC(NC(=O)C(C)C(OC)C1CCCN1C(=O)CC(OC)C(C(C)CC)N(C)C(=O)C(CC)NC(=O)C(C(C)C)N(C)C(=O)CCCC(=O)NC)C(=O)O. The fourth-order valence-electron chi connectivity index (χ4n) is 8.26. The summed E-state index contributed by atoms with van der Waals surface area (Å²) in [5, 5.41) is 18.1. The normalized spacial score (nSPS) is 18.4. The van der Waals surface area contributed by atoms with E-state index >= 15 is 0 Å². The standard InChI is InChI=1S/C45H78N6O10/c1-14-18-21-31(16-3)26-33(45(58)59)48-42(55)30(8)41(61-13)34-22-20-25-51(34)38(54)27-35(60-12)40(29(7)15-2)50(11)44(57)32(17-4)47-43(56)39(28(5)6)49(10)37(53)24-19-23-36(52)46-9/h14,18,21,28-30,32-35,39-41H,15-17,19-20,22-27H2,1-13H3,(H,46,52)(H,47,56)(H,48,55)(H,58,59). The van der Waals surface area contributed by atoms with Gasteiger partial charge in [-0.3, -0.25) is 28.8 Å². The van der Waals surface area contributed by atoms with Gasteiger partial charge in [0.05, 0.1) is 36.6 Å². The predicted octanol–water partition coefficient (Wildman–Crippen LogP) is 4.07. The largest absolute Gasteiger partial charge is 0.480 e. The Hall–Kier alpha value is -4.31. The molecule has 0 aromatic carbocycles. The molecule has 9 atom stereocenters. The number of ether oxygens (including phenoxy) is 2. The summed E-state index contributed by atoms with van der Waals surface area (Å²) >= 11 is 0. The van der Waals surface area contributed by atoms with Crippen LogP contribution < -0.4 is 16.0 Å². The number of hydrogen-bond donors (Lipinski definition) is 4. The van der Waals surface area contributed by atoms with Crippen LogP contribution in [0.5, 0.6) is 0 Å². The first kappa shape index (κ1) is 54.7. The van der Waals surface area contributed by atoms with Gasteiger partial charge in [0.2, 0.25) is 35.4 Å². The third-order valence-electron chi connectivity index (χ3n) is 12.1. The average molecular weight is 863 g/mol.